The van der Waals surface area contributed by atoms with Crippen molar-refractivity contribution in [1.29, 1.82) is 0 Å². The molecule has 1 aromatic rings. The van der Waals surface area contributed by atoms with Crippen molar-refractivity contribution in [3.8, 4) is 0 Å². The molecule has 0 fully saturated rings. The maximum atomic E-state index is 11.7. The molecule has 0 radical (unpaired) electrons. The van der Waals surface area contributed by atoms with Crippen LogP contribution in [0.2, 0.25) is 0 Å². The van der Waals surface area contributed by atoms with E-state index < -0.39 is 5.60 Å². The number of pyridine rings is 1. The van der Waals surface area contributed by atoms with Crippen LogP contribution in [0.3, 0.4) is 0 Å². The van der Waals surface area contributed by atoms with Crippen LogP contribution in [-0.4, -0.2) is 35.7 Å². The average molecular weight is 308 g/mol. The normalized spacial score (nSPS) is 10.3. The van der Waals surface area contributed by atoms with Gasteiger partial charge < -0.3 is 4.74 Å². The van der Waals surface area contributed by atoms with Crippen molar-refractivity contribution in [2.24, 2.45) is 0 Å². The molecule has 0 spiro atoms. The van der Waals surface area contributed by atoms with Crippen molar-refractivity contribution >= 4 is 29.3 Å². The molecule has 1 rings (SSSR count). The number of hydrogen-bond donors (Lipinski definition) is 0. The summed E-state index contributed by atoms with van der Waals surface area (Å²) in [7, 11) is 3.90. The van der Waals surface area contributed by atoms with E-state index in [-0.39, 0.29) is 11.4 Å². The van der Waals surface area contributed by atoms with Gasteiger partial charge in [-0.3, -0.25) is 4.57 Å². The Hall–Kier alpha value is -1.00. The average Bonchev–Trinajstić information content (AvgIpc) is 2.28. The van der Waals surface area contributed by atoms with Gasteiger partial charge in [-0.05, 0) is 20.8 Å². The smallest absolute Gasteiger partial charge is 0.418 e. The van der Waals surface area contributed by atoms with Crippen LogP contribution in [0.4, 0.5) is 4.79 Å². The molecule has 6 heteroatoms. The summed E-state index contributed by atoms with van der Waals surface area (Å²) >= 11 is 9.53. The number of alkyl halides is 2. The van der Waals surface area contributed by atoms with Crippen LogP contribution in [0.1, 0.15) is 20.8 Å². The van der Waals surface area contributed by atoms with E-state index in [2.05, 4.69) is 0 Å². The number of ether oxygens (including phenoxy) is 1. The molecule has 0 saturated heterocycles. The third-order valence-electron chi connectivity index (χ3n) is 1.93. The number of carbonyl (C=O) groups excluding carboxylic acids is 1. The van der Waals surface area contributed by atoms with Crippen LogP contribution in [0.15, 0.2) is 24.5 Å². The summed E-state index contributed by atoms with van der Waals surface area (Å²) in [6.07, 6.45) is 3.03. The van der Waals surface area contributed by atoms with Crippen molar-refractivity contribution in [3.05, 3.63) is 29.9 Å². The Morgan fingerprint density at radius 1 is 1.26 bits per heavy atom. The first-order valence-electron chi connectivity index (χ1n) is 5.75. The summed E-state index contributed by atoms with van der Waals surface area (Å²) in [5.74, 6) is 0. The molecule has 0 aromatic carbocycles. The number of aromatic nitrogens is 1. The molecule has 0 aliphatic carbocycles. The second-order valence-electron chi connectivity index (χ2n) is 4.94. The highest BCUT2D eigenvalue weighted by Gasteiger charge is 2.16. The van der Waals surface area contributed by atoms with Gasteiger partial charge in [-0.15, -0.1) is 23.2 Å². The summed E-state index contributed by atoms with van der Waals surface area (Å²) < 4.78 is 8.64. The fourth-order valence-corrected chi connectivity index (χ4v) is 1.15. The van der Waals surface area contributed by atoms with Crippen molar-refractivity contribution in [1.82, 2.24) is 9.14 Å². The predicted molar refractivity (Wildman–Crippen MR) is 79.8 cm³/mol. The Kier molecular flexibility index (Phi) is 7.79. The second-order valence-corrected chi connectivity index (χ2v) is 5.75. The third-order valence-corrected chi connectivity index (χ3v) is 1.93. The minimum atomic E-state index is -0.468. The summed E-state index contributed by atoms with van der Waals surface area (Å²) in [6, 6.07) is 3.73. The number of hydrogen-bond acceptors (Lipinski definition) is 2. The summed E-state index contributed by atoms with van der Waals surface area (Å²) in [4.78, 5) is 11.7. The molecule has 1 aromatic heterocycles. The SMILES string of the molecule is C[N+](C)=c1ccn(C(=O)OC(C)(C)C)cc1.ClCCl. The lowest BCUT2D eigenvalue weighted by Gasteiger charge is -2.19. The zero-order valence-electron chi connectivity index (χ0n) is 12.0. The lowest BCUT2D eigenvalue weighted by Crippen LogP contribution is -2.28. The van der Waals surface area contributed by atoms with Crippen molar-refractivity contribution in [2.45, 2.75) is 26.4 Å². The van der Waals surface area contributed by atoms with Crippen molar-refractivity contribution in [3.63, 3.8) is 0 Å². The first kappa shape index (κ1) is 18.0. The lowest BCUT2D eigenvalue weighted by atomic mass is 10.2. The Labute approximate surface area is 124 Å². The molecule has 4 nitrogen and oxygen atoms in total. The number of carbonyl (C=O) groups is 1. The molecule has 0 atom stereocenters. The molecule has 0 amide bonds. The number of rotatable bonds is 0. The van der Waals surface area contributed by atoms with E-state index in [1.165, 1.54) is 4.57 Å². The largest absolute Gasteiger partial charge is 0.443 e. The minimum Gasteiger partial charge on any atom is -0.443 e. The highest BCUT2D eigenvalue weighted by Crippen LogP contribution is 2.08. The van der Waals surface area contributed by atoms with Crippen LogP contribution in [0.5, 0.6) is 0 Å². The molecule has 1 heterocycles. The van der Waals surface area contributed by atoms with Gasteiger partial charge in [0, 0.05) is 24.5 Å². The first-order chi connectivity index (χ1) is 8.71. The van der Waals surface area contributed by atoms with Gasteiger partial charge in [-0.2, -0.15) is 0 Å². The van der Waals surface area contributed by atoms with Gasteiger partial charge in [0.1, 0.15) is 19.7 Å². The summed E-state index contributed by atoms with van der Waals surface area (Å²) in [5, 5.41) is 1.24. The molecule has 0 unspecified atom stereocenters. The van der Waals surface area contributed by atoms with Crippen LogP contribution < -0.4 is 9.93 Å². The Morgan fingerprint density at radius 3 is 2.00 bits per heavy atom. The van der Waals surface area contributed by atoms with Gasteiger partial charge >= 0.3 is 6.09 Å². The van der Waals surface area contributed by atoms with Gasteiger partial charge in [-0.1, -0.05) is 0 Å². The van der Waals surface area contributed by atoms with E-state index >= 15 is 0 Å². The second kappa shape index (κ2) is 8.23. The van der Waals surface area contributed by atoms with E-state index in [1.54, 1.807) is 12.4 Å². The summed E-state index contributed by atoms with van der Waals surface area (Å²) in [5.41, 5.74) is -0.468. The van der Waals surface area contributed by atoms with E-state index in [0.717, 1.165) is 5.36 Å². The van der Waals surface area contributed by atoms with Gasteiger partial charge in [0.25, 0.3) is 0 Å². The van der Waals surface area contributed by atoms with E-state index in [4.69, 9.17) is 27.9 Å². The third kappa shape index (κ3) is 7.90. The summed E-state index contributed by atoms with van der Waals surface area (Å²) in [6.45, 7) is 5.54. The molecule has 0 aliphatic rings. The van der Waals surface area contributed by atoms with Crippen LogP contribution in [0, 0.1) is 0 Å². The van der Waals surface area contributed by atoms with Gasteiger partial charge in [0.05, 0.1) is 5.34 Å². The van der Waals surface area contributed by atoms with Crippen LogP contribution in [-0.2, 0) is 4.74 Å². The monoisotopic (exact) mass is 307 g/mol. The van der Waals surface area contributed by atoms with Gasteiger partial charge in [0.15, 0.2) is 0 Å². The Bertz CT molecular complexity index is 452. The molecule has 0 saturated carbocycles. The van der Waals surface area contributed by atoms with Gasteiger partial charge in [-0.25, -0.2) is 9.37 Å². The number of halogens is 2. The number of nitrogens with zero attached hydrogens (tertiary/aromatic N) is 2. The first-order valence-corrected chi connectivity index (χ1v) is 6.82. The molecular formula is C13H21Cl2N2O2+. The molecule has 0 N–H and O–H groups in total. The molecule has 0 bridgehead atoms. The lowest BCUT2D eigenvalue weighted by molar-refractivity contribution is 0.0535. The van der Waals surface area contributed by atoms with E-state index in [0.29, 0.717) is 0 Å². The Balaban J connectivity index is 0.000000982. The molecule has 0 aliphatic heterocycles. The fraction of sp³-hybridized carbons (Fsp3) is 0.538. The van der Waals surface area contributed by atoms with Crippen molar-refractivity contribution in [2.75, 3.05) is 19.4 Å². The zero-order chi connectivity index (χ0) is 15.1. The predicted octanol–water partition coefficient (Wildman–Crippen LogP) is 2.72. The van der Waals surface area contributed by atoms with Crippen LogP contribution in [0.25, 0.3) is 0 Å². The Morgan fingerprint density at radius 2 is 1.68 bits per heavy atom. The standard InChI is InChI=1S/C12H19N2O2.CH2Cl2/c1-12(2,3)16-11(15)14-8-6-10(7-9-14)13(4)5;2-1-3/h6-9H,1-5H3;1H2/q+1;. The maximum Gasteiger partial charge on any atom is 0.418 e. The fourth-order valence-electron chi connectivity index (χ4n) is 1.15. The minimum absolute atomic E-state index is 0.194. The van der Waals surface area contributed by atoms with Crippen LogP contribution >= 0.6 is 23.2 Å². The quantitative estimate of drug-likeness (QED) is 0.545. The molecule has 108 valence electrons. The maximum absolute atomic E-state index is 11.7. The van der Waals surface area contributed by atoms with Gasteiger partial charge in [0.2, 0.25) is 5.36 Å². The highest BCUT2D eigenvalue weighted by molar-refractivity contribution is 6.40. The van der Waals surface area contributed by atoms with E-state index in [1.807, 2.05) is 51.6 Å². The zero-order valence-corrected chi connectivity index (χ0v) is 13.5. The van der Waals surface area contributed by atoms with Crippen molar-refractivity contribution < 1.29 is 9.53 Å². The van der Waals surface area contributed by atoms with E-state index in [9.17, 15) is 4.79 Å². The molecule has 19 heavy (non-hydrogen) atoms. The highest BCUT2D eigenvalue weighted by atomic mass is 35.5. The molecular weight excluding hydrogens is 287 g/mol. The topological polar surface area (TPSA) is 34.2 Å².